The zero-order chi connectivity index (χ0) is 22.9. The highest BCUT2D eigenvalue weighted by atomic mass is 28.4. The van der Waals surface area contributed by atoms with Crippen molar-refractivity contribution in [1.29, 1.82) is 0 Å². The van der Waals surface area contributed by atoms with Crippen LogP contribution in [0.4, 0.5) is 0 Å². The molecule has 0 bridgehead atoms. The van der Waals surface area contributed by atoms with E-state index in [1.807, 2.05) is 0 Å². The minimum Gasteiger partial charge on any atom is -0.410 e. The summed E-state index contributed by atoms with van der Waals surface area (Å²) >= 11 is 0. The van der Waals surface area contributed by atoms with Crippen LogP contribution in [0, 0.1) is 10.1 Å². The molecule has 30 heavy (non-hydrogen) atoms. The highest BCUT2D eigenvalue weighted by molar-refractivity contribution is 6.77. The Labute approximate surface area is 178 Å². The smallest absolute Gasteiger partial charge is 0.297 e. The lowest BCUT2D eigenvalue weighted by atomic mass is 9.96. The molecule has 0 radical (unpaired) electrons. The predicted octanol–water partition coefficient (Wildman–Crippen LogP) is 4.31. The van der Waals surface area contributed by atoms with Gasteiger partial charge in [-0.05, 0) is 36.0 Å². The van der Waals surface area contributed by atoms with E-state index in [0.29, 0.717) is 0 Å². The molecule has 11 nitrogen and oxygen atoms in total. The molecular formula is C18H34N4O7Si. The van der Waals surface area contributed by atoms with E-state index in [4.69, 9.17) is 23.5 Å². The van der Waals surface area contributed by atoms with Crippen molar-refractivity contribution < 1.29 is 28.6 Å². The van der Waals surface area contributed by atoms with Crippen molar-refractivity contribution in [2.24, 2.45) is 5.11 Å². The molecule has 0 aliphatic carbocycles. The Morgan fingerprint density at radius 1 is 1.20 bits per heavy atom. The maximum atomic E-state index is 11.1. The first-order chi connectivity index (χ1) is 13.9. The molecule has 0 saturated carbocycles. The van der Waals surface area contributed by atoms with Crippen LogP contribution in [0.1, 0.15) is 55.4 Å². The fourth-order valence-corrected chi connectivity index (χ4v) is 10.5. The quantitative estimate of drug-likeness (QED) is 0.135. The van der Waals surface area contributed by atoms with Gasteiger partial charge < -0.3 is 18.6 Å². The summed E-state index contributed by atoms with van der Waals surface area (Å²) in [5.74, 6) is -0.901. The summed E-state index contributed by atoms with van der Waals surface area (Å²) in [5, 5.41) is 13.9. The van der Waals surface area contributed by atoms with Crippen LogP contribution in [0.15, 0.2) is 5.11 Å². The molecule has 12 heteroatoms. The molecule has 2 fully saturated rings. The van der Waals surface area contributed by atoms with Gasteiger partial charge in [0.25, 0.3) is 5.09 Å². The fourth-order valence-electron chi connectivity index (χ4n) is 4.95. The van der Waals surface area contributed by atoms with Crippen LogP contribution in [-0.2, 0) is 23.5 Å². The van der Waals surface area contributed by atoms with Gasteiger partial charge in [-0.15, -0.1) is 10.1 Å². The van der Waals surface area contributed by atoms with Gasteiger partial charge in [0.15, 0.2) is 5.79 Å². The minimum atomic E-state index is -2.46. The van der Waals surface area contributed by atoms with E-state index in [-0.39, 0.29) is 23.2 Å². The first kappa shape index (κ1) is 24.8. The highest BCUT2D eigenvalue weighted by Gasteiger charge is 2.57. The number of nitrogens with zero attached hydrogens (tertiary/aromatic N) is 4. The van der Waals surface area contributed by atoms with Gasteiger partial charge in [-0.3, -0.25) is 4.84 Å². The van der Waals surface area contributed by atoms with Crippen molar-refractivity contribution in [3.05, 3.63) is 20.6 Å². The summed E-state index contributed by atoms with van der Waals surface area (Å²) in [4.78, 5) is 18.7. The summed E-state index contributed by atoms with van der Waals surface area (Å²) in [5.41, 5.74) is 9.91. The molecule has 2 saturated heterocycles. The van der Waals surface area contributed by atoms with Crippen molar-refractivity contribution in [2.45, 2.75) is 108 Å². The van der Waals surface area contributed by atoms with Crippen molar-refractivity contribution >= 4 is 8.32 Å². The molecule has 0 aromatic rings. The fraction of sp³-hybridized carbons (Fsp3) is 1.00. The second kappa shape index (κ2) is 9.37. The number of rotatable bonds is 8. The summed E-state index contributed by atoms with van der Waals surface area (Å²) in [7, 11) is -2.46. The Balaban J connectivity index is 2.55. The standard InChI is InChI=1S/C18H34N4O7Si/c1-10(2)30(11(3)4,12(5)6)29-16-14(20-21-19)17(28-22(23)24)26-13-9-25-18(7,8)27-15(13)16/h10-17H,9H2,1-8H3/t13-,14-,15-,16-,17+/m1/s1. The molecule has 0 N–H and O–H groups in total. The third kappa shape index (κ3) is 4.89. The van der Waals surface area contributed by atoms with Crippen LogP contribution in [0.2, 0.25) is 16.6 Å². The summed E-state index contributed by atoms with van der Waals surface area (Å²) in [6.07, 6.45) is -3.46. The first-order valence-electron chi connectivity index (χ1n) is 10.4. The third-order valence-electron chi connectivity index (χ3n) is 6.05. The topological polar surface area (TPSA) is 138 Å². The number of fused-ring (bicyclic) bond motifs is 1. The van der Waals surface area contributed by atoms with Crippen LogP contribution in [-0.4, -0.2) is 56.4 Å². The highest BCUT2D eigenvalue weighted by Crippen LogP contribution is 2.46. The van der Waals surface area contributed by atoms with Crippen molar-refractivity contribution in [3.63, 3.8) is 0 Å². The maximum Gasteiger partial charge on any atom is 0.297 e. The maximum absolute atomic E-state index is 11.1. The molecule has 2 rings (SSSR count). The molecule has 0 unspecified atom stereocenters. The van der Waals surface area contributed by atoms with E-state index >= 15 is 0 Å². The molecule has 2 aliphatic heterocycles. The lowest BCUT2D eigenvalue weighted by Gasteiger charge is -2.53. The van der Waals surface area contributed by atoms with Crippen molar-refractivity contribution in [1.82, 2.24) is 0 Å². The summed E-state index contributed by atoms with van der Waals surface area (Å²) in [6, 6.07) is -1.08. The van der Waals surface area contributed by atoms with Crippen LogP contribution in [0.5, 0.6) is 0 Å². The van der Waals surface area contributed by atoms with Gasteiger partial charge in [-0.1, -0.05) is 46.7 Å². The molecule has 5 atom stereocenters. The average molecular weight is 447 g/mol. The SMILES string of the molecule is CC(C)[Si](O[C@@H]1[C@@H](N=[N+]=[N-])[C@H](O[N+](=O)[O-])O[C@@H]2COC(C)(C)O[C@@H]12)(C(C)C)C(C)C. The van der Waals surface area contributed by atoms with Crippen LogP contribution >= 0.6 is 0 Å². The molecular weight excluding hydrogens is 412 g/mol. The van der Waals surface area contributed by atoms with Gasteiger partial charge >= 0.3 is 0 Å². The Bertz CT molecular complexity index is 647. The van der Waals surface area contributed by atoms with Gasteiger partial charge in [-0.2, -0.15) is 0 Å². The van der Waals surface area contributed by atoms with Crippen LogP contribution in [0.25, 0.3) is 10.4 Å². The average Bonchev–Trinajstić information content (AvgIpc) is 2.60. The molecule has 172 valence electrons. The van der Waals surface area contributed by atoms with Gasteiger partial charge in [0.1, 0.15) is 18.2 Å². The zero-order valence-corrected chi connectivity index (χ0v) is 20.0. The van der Waals surface area contributed by atoms with Gasteiger partial charge in [-0.25, -0.2) is 0 Å². The monoisotopic (exact) mass is 446 g/mol. The third-order valence-corrected chi connectivity index (χ3v) is 12.1. The lowest BCUT2D eigenvalue weighted by Crippen LogP contribution is -2.67. The second-order valence-electron chi connectivity index (χ2n) is 9.26. The number of ether oxygens (including phenoxy) is 3. The number of azide groups is 1. The lowest BCUT2D eigenvalue weighted by molar-refractivity contribution is -0.784. The van der Waals surface area contributed by atoms with Crippen molar-refractivity contribution in [2.75, 3.05) is 6.61 Å². The Kier molecular flexibility index (Phi) is 7.76. The van der Waals surface area contributed by atoms with E-state index in [1.165, 1.54) is 0 Å². The molecule has 2 aliphatic rings. The molecule has 0 aromatic heterocycles. The Hall–Kier alpha value is -1.43. The Morgan fingerprint density at radius 2 is 1.77 bits per heavy atom. The van der Waals surface area contributed by atoms with E-state index in [0.717, 1.165) is 0 Å². The molecule has 2 heterocycles. The molecule has 0 spiro atoms. The number of hydrogen-bond donors (Lipinski definition) is 0. The predicted molar refractivity (Wildman–Crippen MR) is 110 cm³/mol. The minimum absolute atomic E-state index is 0.150. The van der Waals surface area contributed by atoms with E-state index in [1.54, 1.807) is 13.8 Å². The molecule has 0 aromatic carbocycles. The summed E-state index contributed by atoms with van der Waals surface area (Å²) in [6.45, 7) is 16.5. The van der Waals surface area contributed by atoms with Crippen LogP contribution in [0.3, 0.4) is 0 Å². The van der Waals surface area contributed by atoms with Gasteiger partial charge in [0.2, 0.25) is 14.6 Å². The summed E-state index contributed by atoms with van der Waals surface area (Å²) < 4.78 is 24.5. The first-order valence-corrected chi connectivity index (χ1v) is 12.5. The van der Waals surface area contributed by atoms with Crippen LogP contribution < -0.4 is 0 Å². The number of hydrogen-bond acceptors (Lipinski definition) is 8. The zero-order valence-electron chi connectivity index (χ0n) is 19.0. The van der Waals surface area contributed by atoms with Gasteiger partial charge in [0.05, 0.1) is 12.7 Å². The van der Waals surface area contributed by atoms with E-state index < -0.39 is 49.8 Å². The Morgan fingerprint density at radius 3 is 2.23 bits per heavy atom. The normalized spacial score (nSPS) is 31.4. The van der Waals surface area contributed by atoms with E-state index in [9.17, 15) is 15.6 Å². The van der Waals surface area contributed by atoms with Crippen molar-refractivity contribution in [3.8, 4) is 0 Å². The molecule has 0 amide bonds. The van der Waals surface area contributed by atoms with Gasteiger partial charge in [0, 0.05) is 4.91 Å². The second-order valence-corrected chi connectivity index (χ2v) is 14.7. The largest absolute Gasteiger partial charge is 0.410 e. The van der Waals surface area contributed by atoms with E-state index in [2.05, 4.69) is 51.6 Å².